The van der Waals surface area contributed by atoms with E-state index in [0.29, 0.717) is 25.1 Å². The Hall–Kier alpha value is -3.65. The molecule has 7 nitrogen and oxygen atoms in total. The fraction of sp³-hybridized carbons (Fsp3) is 0.375. The zero-order chi connectivity index (χ0) is 29.3. The van der Waals surface area contributed by atoms with Gasteiger partial charge in [-0.25, -0.2) is 8.42 Å². The second-order valence-corrected chi connectivity index (χ2v) is 12.0. The molecule has 40 heavy (non-hydrogen) atoms. The molecule has 0 saturated heterocycles. The van der Waals surface area contributed by atoms with Crippen molar-refractivity contribution < 1.29 is 18.0 Å². The number of anilines is 1. The van der Waals surface area contributed by atoms with Crippen LogP contribution >= 0.6 is 0 Å². The molecular weight excluding hydrogens is 522 g/mol. The average Bonchev–Trinajstić information content (AvgIpc) is 2.94. The summed E-state index contributed by atoms with van der Waals surface area (Å²) in [5.74, 6) is -0.656. The first-order chi connectivity index (χ1) is 19.1. The molecule has 0 aliphatic heterocycles. The van der Waals surface area contributed by atoms with Crippen molar-refractivity contribution in [2.24, 2.45) is 0 Å². The van der Waals surface area contributed by atoms with E-state index in [4.69, 9.17) is 0 Å². The van der Waals surface area contributed by atoms with Gasteiger partial charge < -0.3 is 10.2 Å². The smallest absolute Gasteiger partial charge is 0.264 e. The normalized spacial score (nSPS) is 12.0. The third-order valence-corrected chi connectivity index (χ3v) is 8.71. The summed E-state index contributed by atoms with van der Waals surface area (Å²) in [5.41, 5.74) is 4.02. The quantitative estimate of drug-likeness (QED) is 0.310. The minimum atomic E-state index is -4.09. The zero-order valence-corrected chi connectivity index (χ0v) is 25.0. The van der Waals surface area contributed by atoms with Gasteiger partial charge in [0.1, 0.15) is 12.6 Å². The Bertz CT molecular complexity index is 1390. The Morgan fingerprint density at radius 3 is 2.15 bits per heavy atom. The number of nitrogens with one attached hydrogen (secondary N) is 1. The number of hydrogen-bond donors (Lipinski definition) is 1. The molecule has 0 heterocycles. The summed E-state index contributed by atoms with van der Waals surface area (Å²) in [5, 5.41) is 2.92. The maximum absolute atomic E-state index is 14.1. The summed E-state index contributed by atoms with van der Waals surface area (Å²) in [6.07, 6.45) is 1.72. The predicted molar refractivity (Wildman–Crippen MR) is 161 cm³/mol. The summed E-state index contributed by atoms with van der Waals surface area (Å²) < 4.78 is 29.3. The zero-order valence-electron chi connectivity index (χ0n) is 24.2. The summed E-state index contributed by atoms with van der Waals surface area (Å²) in [6.45, 7) is 9.81. The van der Waals surface area contributed by atoms with E-state index < -0.39 is 28.5 Å². The molecule has 3 aromatic rings. The number of benzene rings is 3. The molecule has 1 atom stereocenters. The highest BCUT2D eigenvalue weighted by Crippen LogP contribution is 2.28. The van der Waals surface area contributed by atoms with Gasteiger partial charge in [0.05, 0.1) is 10.6 Å². The average molecular weight is 564 g/mol. The number of aryl methyl sites for hydroxylation is 3. The van der Waals surface area contributed by atoms with Gasteiger partial charge in [-0.2, -0.15) is 0 Å². The maximum atomic E-state index is 14.1. The van der Waals surface area contributed by atoms with Gasteiger partial charge >= 0.3 is 0 Å². The van der Waals surface area contributed by atoms with Crippen LogP contribution in [0, 0.1) is 20.8 Å². The Morgan fingerprint density at radius 1 is 0.875 bits per heavy atom. The van der Waals surface area contributed by atoms with Gasteiger partial charge in [-0.1, -0.05) is 74.0 Å². The molecule has 0 radical (unpaired) electrons. The monoisotopic (exact) mass is 563 g/mol. The number of amides is 2. The highest BCUT2D eigenvalue weighted by molar-refractivity contribution is 7.92. The van der Waals surface area contributed by atoms with Crippen LogP contribution in [0.2, 0.25) is 0 Å². The minimum Gasteiger partial charge on any atom is -0.354 e. The number of carbonyl (C=O) groups is 2. The van der Waals surface area contributed by atoms with E-state index in [0.717, 1.165) is 28.7 Å². The topological polar surface area (TPSA) is 86.8 Å². The molecule has 0 saturated carbocycles. The van der Waals surface area contributed by atoms with Crippen LogP contribution in [0.1, 0.15) is 48.9 Å². The van der Waals surface area contributed by atoms with Crippen LogP contribution < -0.4 is 9.62 Å². The molecule has 0 aromatic heterocycles. The molecule has 1 N–H and O–H groups in total. The van der Waals surface area contributed by atoms with Crippen molar-refractivity contribution in [3.63, 3.8) is 0 Å². The van der Waals surface area contributed by atoms with Gasteiger partial charge in [-0.15, -0.1) is 0 Å². The molecule has 8 heteroatoms. The third-order valence-electron chi connectivity index (χ3n) is 6.94. The van der Waals surface area contributed by atoms with E-state index in [1.54, 1.807) is 35.2 Å². The number of nitrogens with zero attached hydrogens (tertiary/aromatic N) is 2. The second kappa shape index (κ2) is 14.1. The summed E-state index contributed by atoms with van der Waals surface area (Å²) in [6, 6.07) is 21.2. The Balaban J connectivity index is 2.04. The van der Waals surface area contributed by atoms with E-state index in [1.807, 2.05) is 77.1 Å². The lowest BCUT2D eigenvalue weighted by atomic mass is 10.1. The molecule has 0 fully saturated rings. The van der Waals surface area contributed by atoms with Crippen molar-refractivity contribution in [1.82, 2.24) is 10.2 Å². The molecule has 0 bridgehead atoms. The van der Waals surface area contributed by atoms with Gasteiger partial charge in [-0.3, -0.25) is 13.9 Å². The fourth-order valence-electron chi connectivity index (χ4n) is 4.60. The molecule has 0 unspecified atom stereocenters. The first-order valence-electron chi connectivity index (χ1n) is 13.9. The van der Waals surface area contributed by atoms with Gasteiger partial charge in [0.15, 0.2) is 0 Å². The standard InChI is InChI=1S/C32H41N3O4S/c1-6-20-33-32(37)29(7-2)34(21-19-27-11-9-8-10-12-27)31(36)23-35(30-22-25(4)13-16-26(30)5)40(38,39)28-17-14-24(3)15-18-28/h8-18,22,29H,6-7,19-21,23H2,1-5H3,(H,33,37)/t29-/m1/s1. The first kappa shape index (κ1) is 30.9. The van der Waals surface area contributed by atoms with Crippen LogP contribution in [0.25, 0.3) is 0 Å². The first-order valence-corrected chi connectivity index (χ1v) is 15.3. The molecule has 0 aliphatic carbocycles. The maximum Gasteiger partial charge on any atom is 0.264 e. The molecule has 2 amide bonds. The SMILES string of the molecule is CCCNC(=O)[C@@H](CC)N(CCc1ccccc1)C(=O)CN(c1cc(C)ccc1C)S(=O)(=O)c1ccc(C)cc1. The van der Waals surface area contributed by atoms with Gasteiger partial charge in [0.25, 0.3) is 10.0 Å². The van der Waals surface area contributed by atoms with E-state index in [1.165, 1.54) is 4.31 Å². The summed E-state index contributed by atoms with van der Waals surface area (Å²) >= 11 is 0. The number of sulfonamides is 1. The van der Waals surface area contributed by atoms with Crippen molar-refractivity contribution >= 4 is 27.5 Å². The summed E-state index contributed by atoms with van der Waals surface area (Å²) in [4.78, 5) is 28.9. The van der Waals surface area contributed by atoms with E-state index in [-0.39, 0.29) is 17.3 Å². The molecule has 3 aromatic carbocycles. The van der Waals surface area contributed by atoms with Gasteiger partial charge in [0.2, 0.25) is 11.8 Å². The molecule has 0 spiro atoms. The predicted octanol–water partition coefficient (Wildman–Crippen LogP) is 5.18. The van der Waals surface area contributed by atoms with Gasteiger partial charge in [0, 0.05) is 13.1 Å². The van der Waals surface area contributed by atoms with Crippen LogP contribution in [0.3, 0.4) is 0 Å². The Labute approximate surface area is 239 Å². The highest BCUT2D eigenvalue weighted by atomic mass is 32.2. The highest BCUT2D eigenvalue weighted by Gasteiger charge is 2.34. The van der Waals surface area contributed by atoms with E-state index in [9.17, 15) is 18.0 Å². The number of hydrogen-bond acceptors (Lipinski definition) is 4. The van der Waals surface area contributed by atoms with Crippen molar-refractivity contribution in [3.8, 4) is 0 Å². The lowest BCUT2D eigenvalue weighted by molar-refractivity contribution is -0.139. The van der Waals surface area contributed by atoms with E-state index >= 15 is 0 Å². The van der Waals surface area contributed by atoms with Crippen LogP contribution in [0.4, 0.5) is 5.69 Å². The molecule has 0 aliphatic rings. The molecule has 214 valence electrons. The summed E-state index contributed by atoms with van der Waals surface area (Å²) in [7, 11) is -4.09. The number of carbonyl (C=O) groups excluding carboxylic acids is 2. The Kier molecular flexibility index (Phi) is 10.9. The molecule has 3 rings (SSSR count). The van der Waals surface area contributed by atoms with Crippen LogP contribution in [0.15, 0.2) is 77.7 Å². The Morgan fingerprint density at radius 2 is 1.52 bits per heavy atom. The van der Waals surface area contributed by atoms with Gasteiger partial charge in [-0.05, 0) is 74.9 Å². The lowest BCUT2D eigenvalue weighted by Gasteiger charge is -2.33. The van der Waals surface area contributed by atoms with Crippen molar-refractivity contribution in [2.75, 3.05) is 23.9 Å². The van der Waals surface area contributed by atoms with Crippen molar-refractivity contribution in [3.05, 3.63) is 95.1 Å². The number of rotatable bonds is 13. The molecular formula is C32H41N3O4S. The van der Waals surface area contributed by atoms with Crippen LogP contribution in [-0.4, -0.2) is 50.8 Å². The van der Waals surface area contributed by atoms with Crippen LogP contribution in [-0.2, 0) is 26.0 Å². The lowest BCUT2D eigenvalue weighted by Crippen LogP contribution is -2.53. The van der Waals surface area contributed by atoms with Crippen molar-refractivity contribution in [2.45, 2.75) is 64.8 Å². The largest absolute Gasteiger partial charge is 0.354 e. The van der Waals surface area contributed by atoms with E-state index in [2.05, 4.69) is 5.32 Å². The third kappa shape index (κ3) is 7.72. The van der Waals surface area contributed by atoms with Crippen LogP contribution in [0.5, 0.6) is 0 Å². The van der Waals surface area contributed by atoms with Crippen molar-refractivity contribution in [1.29, 1.82) is 0 Å². The second-order valence-electron chi connectivity index (χ2n) is 10.2. The minimum absolute atomic E-state index is 0.107. The fourth-order valence-corrected chi connectivity index (χ4v) is 6.07.